The first-order chi connectivity index (χ1) is 11.1. The van der Waals surface area contributed by atoms with Crippen molar-refractivity contribution in [2.75, 3.05) is 33.8 Å². The van der Waals surface area contributed by atoms with E-state index in [1.165, 1.54) is 12.8 Å². The highest BCUT2D eigenvalue weighted by Gasteiger charge is 2.21. The Bertz CT molecular complexity index is 537. The van der Waals surface area contributed by atoms with Gasteiger partial charge in [0, 0.05) is 39.8 Å². The van der Waals surface area contributed by atoms with Gasteiger partial charge in [-0.2, -0.15) is 5.10 Å². The fourth-order valence-electron chi connectivity index (χ4n) is 3.45. The maximum absolute atomic E-state index is 12.6. The molecule has 0 aliphatic carbocycles. The number of nitrogens with zero attached hydrogens (tertiary/aromatic N) is 4. The molecule has 1 aromatic rings. The second-order valence-corrected chi connectivity index (χ2v) is 6.84. The Balaban J connectivity index is 1.53. The molecule has 0 spiro atoms. The molecular formula is C17H28N4O2. The molecule has 6 nitrogen and oxygen atoms in total. The topological polar surface area (TPSA) is 50.6 Å². The Hall–Kier alpha value is -1.40. The van der Waals surface area contributed by atoms with Crippen molar-refractivity contribution in [3.05, 3.63) is 17.5 Å². The molecule has 0 radical (unpaired) electrons. The zero-order valence-electron chi connectivity index (χ0n) is 14.3. The van der Waals surface area contributed by atoms with Crippen LogP contribution in [0.15, 0.2) is 6.07 Å². The highest BCUT2D eigenvalue weighted by molar-refractivity contribution is 5.92. The van der Waals surface area contributed by atoms with E-state index in [1.807, 2.05) is 17.8 Å². The van der Waals surface area contributed by atoms with Gasteiger partial charge in [0.15, 0.2) is 5.69 Å². The lowest BCUT2D eigenvalue weighted by Gasteiger charge is -2.17. The number of rotatable bonds is 5. The smallest absolute Gasteiger partial charge is 0.274 e. The summed E-state index contributed by atoms with van der Waals surface area (Å²) < 4.78 is 7.63. The van der Waals surface area contributed by atoms with Gasteiger partial charge in [0.2, 0.25) is 0 Å². The zero-order chi connectivity index (χ0) is 16.2. The monoisotopic (exact) mass is 320 g/mol. The zero-order valence-corrected chi connectivity index (χ0v) is 14.3. The van der Waals surface area contributed by atoms with Crippen LogP contribution in [0.1, 0.15) is 48.3 Å². The number of ether oxygens (including phenoxy) is 1. The number of hydrogen-bond donors (Lipinski definition) is 0. The molecule has 1 amide bonds. The third-order valence-corrected chi connectivity index (χ3v) is 4.81. The van der Waals surface area contributed by atoms with Gasteiger partial charge in [-0.15, -0.1) is 0 Å². The first-order valence-corrected chi connectivity index (χ1v) is 8.76. The van der Waals surface area contributed by atoms with Crippen LogP contribution >= 0.6 is 0 Å². The summed E-state index contributed by atoms with van der Waals surface area (Å²) in [5.41, 5.74) is 1.72. The van der Waals surface area contributed by atoms with Gasteiger partial charge in [0.05, 0.1) is 11.8 Å². The minimum absolute atomic E-state index is 0.0283. The van der Waals surface area contributed by atoms with Gasteiger partial charge < -0.3 is 14.5 Å². The van der Waals surface area contributed by atoms with Crippen LogP contribution in [0.25, 0.3) is 0 Å². The van der Waals surface area contributed by atoms with Gasteiger partial charge in [0.25, 0.3) is 5.91 Å². The lowest BCUT2D eigenvalue weighted by molar-refractivity contribution is 0.0757. The number of carbonyl (C=O) groups excluding carboxylic acids is 1. The largest absolute Gasteiger partial charge is 0.378 e. The molecule has 6 heteroatoms. The van der Waals surface area contributed by atoms with Gasteiger partial charge in [-0.05, 0) is 45.2 Å². The molecule has 2 aliphatic rings. The van der Waals surface area contributed by atoms with Crippen LogP contribution in [0.3, 0.4) is 0 Å². The first kappa shape index (κ1) is 16.5. The molecule has 0 saturated carbocycles. The lowest BCUT2D eigenvalue weighted by Crippen LogP contribution is -2.28. The van der Waals surface area contributed by atoms with Crippen molar-refractivity contribution in [3.8, 4) is 0 Å². The summed E-state index contributed by atoms with van der Waals surface area (Å²) in [5.74, 6) is 0.0283. The number of amides is 1. The van der Waals surface area contributed by atoms with Crippen molar-refractivity contribution in [3.63, 3.8) is 0 Å². The Morgan fingerprint density at radius 3 is 3.09 bits per heavy atom. The molecule has 128 valence electrons. The van der Waals surface area contributed by atoms with Crippen molar-refractivity contribution >= 4 is 5.91 Å². The standard InChI is InChI=1S/C17H28N4O2/c1-19-8-5-10-21-14(13-19)12-16(18-21)17(22)20(2)9-3-6-15-7-4-11-23-15/h12,15H,3-11,13H2,1-2H3. The van der Waals surface area contributed by atoms with E-state index in [0.29, 0.717) is 11.8 Å². The van der Waals surface area contributed by atoms with Crippen LogP contribution in [0.2, 0.25) is 0 Å². The highest BCUT2D eigenvalue weighted by atomic mass is 16.5. The van der Waals surface area contributed by atoms with E-state index in [1.54, 1.807) is 4.90 Å². The van der Waals surface area contributed by atoms with Crippen LogP contribution in [-0.4, -0.2) is 65.4 Å². The van der Waals surface area contributed by atoms with Gasteiger partial charge in [0.1, 0.15) is 0 Å². The molecule has 1 fully saturated rings. The van der Waals surface area contributed by atoms with Gasteiger partial charge in [-0.25, -0.2) is 0 Å². The normalized spacial score (nSPS) is 21.9. The van der Waals surface area contributed by atoms with Crippen LogP contribution in [0.4, 0.5) is 0 Å². The third kappa shape index (κ3) is 4.12. The first-order valence-electron chi connectivity index (χ1n) is 8.76. The molecule has 23 heavy (non-hydrogen) atoms. The second kappa shape index (κ2) is 7.45. The molecule has 1 saturated heterocycles. The van der Waals surface area contributed by atoms with E-state index in [9.17, 15) is 4.79 Å². The summed E-state index contributed by atoms with van der Waals surface area (Å²) in [7, 11) is 3.98. The number of aryl methyl sites for hydroxylation is 1. The Kier molecular flexibility index (Phi) is 5.33. The van der Waals surface area contributed by atoms with E-state index < -0.39 is 0 Å². The SMILES string of the molecule is CN1CCCn2nc(C(=O)N(C)CCCC3CCCO3)cc2C1. The number of carbonyl (C=O) groups is 1. The summed E-state index contributed by atoms with van der Waals surface area (Å²) in [5, 5.41) is 4.53. The van der Waals surface area contributed by atoms with E-state index in [4.69, 9.17) is 4.74 Å². The molecule has 2 aliphatic heterocycles. The van der Waals surface area contributed by atoms with Crippen LogP contribution in [0, 0.1) is 0 Å². The van der Waals surface area contributed by atoms with Gasteiger partial charge >= 0.3 is 0 Å². The fraction of sp³-hybridized carbons (Fsp3) is 0.765. The molecule has 0 N–H and O–H groups in total. The summed E-state index contributed by atoms with van der Waals surface area (Å²) in [6.45, 7) is 4.50. The molecular weight excluding hydrogens is 292 g/mol. The summed E-state index contributed by atoms with van der Waals surface area (Å²) >= 11 is 0. The Morgan fingerprint density at radius 2 is 2.30 bits per heavy atom. The summed E-state index contributed by atoms with van der Waals surface area (Å²) in [6, 6.07) is 1.96. The molecule has 1 unspecified atom stereocenters. The molecule has 0 bridgehead atoms. The maximum atomic E-state index is 12.6. The molecule has 3 heterocycles. The molecule has 0 aromatic carbocycles. The number of fused-ring (bicyclic) bond motifs is 1. The fourth-order valence-corrected chi connectivity index (χ4v) is 3.45. The minimum Gasteiger partial charge on any atom is -0.378 e. The van der Waals surface area contributed by atoms with Gasteiger partial charge in [-0.1, -0.05) is 0 Å². The average molecular weight is 320 g/mol. The van der Waals surface area contributed by atoms with Crippen molar-refractivity contribution in [1.82, 2.24) is 19.6 Å². The van der Waals surface area contributed by atoms with E-state index in [0.717, 1.165) is 57.7 Å². The van der Waals surface area contributed by atoms with Crippen molar-refractivity contribution in [1.29, 1.82) is 0 Å². The van der Waals surface area contributed by atoms with E-state index >= 15 is 0 Å². The minimum atomic E-state index is 0.0283. The van der Waals surface area contributed by atoms with Crippen molar-refractivity contribution in [2.24, 2.45) is 0 Å². The van der Waals surface area contributed by atoms with E-state index in [2.05, 4.69) is 17.0 Å². The maximum Gasteiger partial charge on any atom is 0.274 e. The predicted octanol–water partition coefficient (Wildman–Crippen LogP) is 1.75. The quantitative estimate of drug-likeness (QED) is 0.829. The van der Waals surface area contributed by atoms with E-state index in [-0.39, 0.29) is 5.91 Å². The van der Waals surface area contributed by atoms with Crippen LogP contribution in [0.5, 0.6) is 0 Å². The second-order valence-electron chi connectivity index (χ2n) is 6.84. The summed E-state index contributed by atoms with van der Waals surface area (Å²) in [4.78, 5) is 16.6. The van der Waals surface area contributed by atoms with Gasteiger partial charge in [-0.3, -0.25) is 9.48 Å². The Morgan fingerprint density at radius 1 is 1.43 bits per heavy atom. The lowest BCUT2D eigenvalue weighted by atomic mass is 10.1. The molecule has 3 rings (SSSR count). The average Bonchev–Trinajstić information content (AvgIpc) is 3.14. The van der Waals surface area contributed by atoms with Crippen molar-refractivity contribution in [2.45, 2.75) is 51.3 Å². The van der Waals surface area contributed by atoms with Crippen LogP contribution in [-0.2, 0) is 17.8 Å². The highest BCUT2D eigenvalue weighted by Crippen LogP contribution is 2.17. The number of aromatic nitrogens is 2. The number of hydrogen-bond acceptors (Lipinski definition) is 4. The Labute approximate surface area is 138 Å². The van der Waals surface area contributed by atoms with Crippen molar-refractivity contribution < 1.29 is 9.53 Å². The van der Waals surface area contributed by atoms with Crippen LogP contribution < -0.4 is 0 Å². The molecule has 1 atom stereocenters. The summed E-state index contributed by atoms with van der Waals surface area (Å²) in [6.07, 6.45) is 5.85. The third-order valence-electron chi connectivity index (χ3n) is 4.81. The molecule has 1 aromatic heterocycles. The predicted molar refractivity (Wildman–Crippen MR) is 88.3 cm³/mol.